The Balaban J connectivity index is 1.68. The largest absolute Gasteiger partial charge is 0.487 e. The van der Waals surface area contributed by atoms with E-state index in [4.69, 9.17) is 16.3 Å². The molecule has 0 amide bonds. The third-order valence-corrected chi connectivity index (χ3v) is 3.58. The number of aryl methyl sites for hydroxylation is 2. The Morgan fingerprint density at radius 2 is 1.89 bits per heavy atom. The summed E-state index contributed by atoms with van der Waals surface area (Å²) in [6.07, 6.45) is 8.10. The molecule has 1 heterocycles. The molecule has 0 N–H and O–H groups in total. The second-order valence-electron chi connectivity index (χ2n) is 4.76. The number of benzene rings is 1. The van der Waals surface area contributed by atoms with E-state index in [-0.39, 0.29) is 0 Å². The third kappa shape index (κ3) is 3.04. The van der Waals surface area contributed by atoms with Gasteiger partial charge in [-0.05, 0) is 48.9 Å². The van der Waals surface area contributed by atoms with Gasteiger partial charge in [0.05, 0.1) is 18.1 Å². The minimum absolute atomic E-state index is 0.400. The first-order valence-electron chi connectivity index (χ1n) is 6.52. The standard InChI is InChI=1S/C15H15ClN2O/c16-15-9-17-13(8-18-15)10-19-14-6-5-11-3-1-2-4-12(11)7-14/h5-9H,1-4,10H2. The Morgan fingerprint density at radius 1 is 1.05 bits per heavy atom. The molecule has 0 fully saturated rings. The van der Waals surface area contributed by atoms with E-state index in [2.05, 4.69) is 22.1 Å². The Morgan fingerprint density at radius 3 is 2.68 bits per heavy atom. The van der Waals surface area contributed by atoms with Gasteiger partial charge in [0.1, 0.15) is 17.5 Å². The molecule has 1 aliphatic rings. The summed E-state index contributed by atoms with van der Waals surface area (Å²) in [7, 11) is 0. The van der Waals surface area contributed by atoms with E-state index in [0.717, 1.165) is 17.9 Å². The summed E-state index contributed by atoms with van der Waals surface area (Å²) >= 11 is 5.69. The Hall–Kier alpha value is -1.61. The number of rotatable bonds is 3. The lowest BCUT2D eigenvalue weighted by atomic mass is 9.92. The average Bonchev–Trinajstić information content (AvgIpc) is 2.46. The summed E-state index contributed by atoms with van der Waals surface area (Å²) in [6, 6.07) is 6.36. The molecule has 0 saturated carbocycles. The fourth-order valence-corrected chi connectivity index (χ4v) is 2.47. The van der Waals surface area contributed by atoms with E-state index in [1.807, 2.05) is 6.07 Å². The first-order chi connectivity index (χ1) is 9.31. The summed E-state index contributed by atoms with van der Waals surface area (Å²) in [5.41, 5.74) is 3.66. The fourth-order valence-electron chi connectivity index (χ4n) is 2.37. The van der Waals surface area contributed by atoms with Gasteiger partial charge in [-0.25, -0.2) is 4.98 Å². The van der Waals surface area contributed by atoms with Crippen molar-refractivity contribution in [2.75, 3.05) is 0 Å². The molecule has 1 aromatic carbocycles. The summed E-state index contributed by atoms with van der Waals surface area (Å²) < 4.78 is 5.75. The van der Waals surface area contributed by atoms with Gasteiger partial charge >= 0.3 is 0 Å². The highest BCUT2D eigenvalue weighted by atomic mass is 35.5. The quantitative estimate of drug-likeness (QED) is 0.858. The van der Waals surface area contributed by atoms with Gasteiger partial charge in [-0.15, -0.1) is 0 Å². The van der Waals surface area contributed by atoms with E-state index in [9.17, 15) is 0 Å². The Labute approximate surface area is 117 Å². The summed E-state index contributed by atoms with van der Waals surface area (Å²) in [4.78, 5) is 8.15. The molecule has 0 saturated heterocycles. The maximum atomic E-state index is 5.75. The fraction of sp³-hybridized carbons (Fsp3) is 0.333. The van der Waals surface area contributed by atoms with Crippen LogP contribution in [-0.4, -0.2) is 9.97 Å². The third-order valence-electron chi connectivity index (χ3n) is 3.38. The van der Waals surface area contributed by atoms with Crippen molar-refractivity contribution in [3.8, 4) is 5.75 Å². The summed E-state index contributed by atoms with van der Waals surface area (Å²) in [5, 5.41) is 0.400. The van der Waals surface area contributed by atoms with Crippen LogP contribution in [0.4, 0.5) is 0 Å². The van der Waals surface area contributed by atoms with E-state index < -0.39 is 0 Å². The van der Waals surface area contributed by atoms with Crippen molar-refractivity contribution in [1.29, 1.82) is 0 Å². The number of nitrogens with zero attached hydrogens (tertiary/aromatic N) is 2. The highest BCUT2D eigenvalue weighted by Crippen LogP contribution is 2.25. The van der Waals surface area contributed by atoms with Crippen LogP contribution < -0.4 is 4.74 Å². The van der Waals surface area contributed by atoms with Crippen molar-refractivity contribution in [2.45, 2.75) is 32.3 Å². The van der Waals surface area contributed by atoms with Crippen LogP contribution in [0.2, 0.25) is 5.15 Å². The lowest BCUT2D eigenvalue weighted by Gasteiger charge is -2.16. The number of halogens is 1. The molecule has 0 unspecified atom stereocenters. The molecule has 1 aromatic heterocycles. The maximum absolute atomic E-state index is 5.75. The molecule has 98 valence electrons. The van der Waals surface area contributed by atoms with Crippen LogP contribution in [-0.2, 0) is 19.4 Å². The predicted octanol–water partition coefficient (Wildman–Crippen LogP) is 3.59. The van der Waals surface area contributed by atoms with Crippen LogP contribution in [0.5, 0.6) is 5.75 Å². The van der Waals surface area contributed by atoms with E-state index in [1.165, 1.54) is 36.6 Å². The summed E-state index contributed by atoms with van der Waals surface area (Å²) in [5.74, 6) is 0.900. The van der Waals surface area contributed by atoms with Crippen LogP contribution in [0.25, 0.3) is 0 Å². The molecule has 0 atom stereocenters. The number of aromatic nitrogens is 2. The van der Waals surface area contributed by atoms with Gasteiger partial charge in [-0.2, -0.15) is 0 Å². The molecule has 2 aromatic rings. The van der Waals surface area contributed by atoms with Crippen molar-refractivity contribution in [1.82, 2.24) is 9.97 Å². The van der Waals surface area contributed by atoms with Crippen molar-refractivity contribution in [3.05, 3.63) is 52.6 Å². The molecule has 19 heavy (non-hydrogen) atoms. The first-order valence-corrected chi connectivity index (χ1v) is 6.90. The molecule has 0 radical (unpaired) electrons. The average molecular weight is 275 g/mol. The number of hydrogen-bond acceptors (Lipinski definition) is 3. The minimum Gasteiger partial charge on any atom is -0.487 e. The van der Waals surface area contributed by atoms with Crippen LogP contribution >= 0.6 is 11.6 Å². The monoisotopic (exact) mass is 274 g/mol. The second kappa shape index (κ2) is 5.57. The lowest BCUT2D eigenvalue weighted by molar-refractivity contribution is 0.300. The van der Waals surface area contributed by atoms with Gasteiger partial charge in [0.25, 0.3) is 0 Å². The molecule has 0 bridgehead atoms. The van der Waals surface area contributed by atoms with Gasteiger partial charge in [0, 0.05) is 0 Å². The zero-order chi connectivity index (χ0) is 13.1. The molecule has 0 spiro atoms. The zero-order valence-corrected chi connectivity index (χ0v) is 11.4. The number of hydrogen-bond donors (Lipinski definition) is 0. The second-order valence-corrected chi connectivity index (χ2v) is 5.14. The number of fused-ring (bicyclic) bond motifs is 1. The molecule has 4 heteroatoms. The maximum Gasteiger partial charge on any atom is 0.147 e. The zero-order valence-electron chi connectivity index (χ0n) is 10.6. The van der Waals surface area contributed by atoms with E-state index in [1.54, 1.807) is 6.20 Å². The lowest BCUT2D eigenvalue weighted by Crippen LogP contribution is -2.04. The van der Waals surface area contributed by atoms with Gasteiger partial charge in [0.2, 0.25) is 0 Å². The van der Waals surface area contributed by atoms with Gasteiger partial charge in [-0.1, -0.05) is 17.7 Å². The minimum atomic E-state index is 0.400. The normalized spacial score (nSPS) is 13.9. The van der Waals surface area contributed by atoms with Gasteiger partial charge in [0.15, 0.2) is 0 Å². The van der Waals surface area contributed by atoms with E-state index >= 15 is 0 Å². The topological polar surface area (TPSA) is 35.0 Å². The van der Waals surface area contributed by atoms with Crippen molar-refractivity contribution < 1.29 is 4.74 Å². The molecule has 1 aliphatic carbocycles. The highest BCUT2D eigenvalue weighted by molar-refractivity contribution is 6.29. The molecule has 3 rings (SSSR count). The Kier molecular flexibility index (Phi) is 3.65. The molecular formula is C15H15ClN2O. The molecule has 0 aliphatic heterocycles. The van der Waals surface area contributed by atoms with Crippen LogP contribution in [0, 0.1) is 0 Å². The summed E-state index contributed by atoms with van der Waals surface area (Å²) in [6.45, 7) is 0.420. The molecule has 3 nitrogen and oxygen atoms in total. The smallest absolute Gasteiger partial charge is 0.147 e. The highest BCUT2D eigenvalue weighted by Gasteiger charge is 2.10. The Bertz CT molecular complexity index is 569. The van der Waals surface area contributed by atoms with Crippen LogP contribution in [0.1, 0.15) is 29.7 Å². The van der Waals surface area contributed by atoms with Crippen molar-refractivity contribution in [2.24, 2.45) is 0 Å². The predicted molar refractivity (Wildman–Crippen MR) is 74.5 cm³/mol. The first kappa shape index (κ1) is 12.4. The van der Waals surface area contributed by atoms with Crippen molar-refractivity contribution >= 4 is 11.6 Å². The van der Waals surface area contributed by atoms with Crippen molar-refractivity contribution in [3.63, 3.8) is 0 Å². The van der Waals surface area contributed by atoms with Crippen LogP contribution in [0.15, 0.2) is 30.6 Å². The number of ether oxygens (including phenoxy) is 1. The van der Waals surface area contributed by atoms with Gasteiger partial charge in [-0.3, -0.25) is 4.98 Å². The molecular weight excluding hydrogens is 260 g/mol. The SMILES string of the molecule is Clc1cnc(COc2ccc3c(c2)CCCC3)cn1. The van der Waals surface area contributed by atoms with Gasteiger partial charge < -0.3 is 4.74 Å². The van der Waals surface area contributed by atoms with Crippen LogP contribution in [0.3, 0.4) is 0 Å². The van der Waals surface area contributed by atoms with E-state index in [0.29, 0.717) is 11.8 Å².